The van der Waals surface area contributed by atoms with E-state index in [0.29, 0.717) is 5.21 Å². The molecule has 0 aliphatic rings. The molecule has 0 saturated carbocycles. The van der Waals surface area contributed by atoms with Gasteiger partial charge in [0.15, 0.2) is 0 Å². The lowest BCUT2D eigenvalue weighted by Crippen LogP contribution is -2.22. The zero-order chi connectivity index (χ0) is 5.70. The van der Waals surface area contributed by atoms with E-state index >= 15 is 0 Å². The Hall–Kier alpha value is -0.0900. The van der Waals surface area contributed by atoms with Crippen molar-refractivity contribution < 1.29 is 4.79 Å². The molecule has 0 aliphatic carbocycles. The van der Waals surface area contributed by atoms with Crippen LogP contribution in [0.15, 0.2) is 0 Å². The summed E-state index contributed by atoms with van der Waals surface area (Å²) in [5.41, 5.74) is 4.65. The van der Waals surface area contributed by atoms with Crippen LogP contribution >= 0.6 is 23.5 Å². The zero-order valence-electron chi connectivity index (χ0n) is 3.48. The van der Waals surface area contributed by atoms with Gasteiger partial charge in [0.1, 0.15) is 0 Å². The predicted molar refractivity (Wildman–Crippen MR) is 31.0 cm³/mol. The quantitative estimate of drug-likeness (QED) is 0.434. The van der Waals surface area contributed by atoms with E-state index in [1.54, 1.807) is 0 Å². The molecule has 42 valence electrons. The van der Waals surface area contributed by atoms with Crippen LogP contribution < -0.4 is 10.5 Å². The third-order valence-corrected chi connectivity index (χ3v) is 1.01. The highest BCUT2D eigenvalue weighted by Crippen LogP contribution is 1.92. The molecule has 0 fully saturated rings. The molecule has 3 nitrogen and oxygen atoms in total. The molecule has 0 spiro atoms. The molecule has 2 amide bonds. The highest BCUT2D eigenvalue weighted by Gasteiger charge is 1.85. The van der Waals surface area contributed by atoms with Crippen molar-refractivity contribution in [2.75, 3.05) is 5.21 Å². The van der Waals surface area contributed by atoms with Crippen LogP contribution in [0.25, 0.3) is 0 Å². The van der Waals surface area contributed by atoms with E-state index in [-0.39, 0.29) is 0 Å². The lowest BCUT2D eigenvalue weighted by Gasteiger charge is -1.91. The summed E-state index contributed by atoms with van der Waals surface area (Å²) in [6.07, 6.45) is 0. The molecule has 0 aromatic carbocycles. The predicted octanol–water partition coefficient (Wildman–Crippen LogP) is 0.499. The van der Waals surface area contributed by atoms with Crippen LogP contribution in [0.2, 0.25) is 0 Å². The van der Waals surface area contributed by atoms with Gasteiger partial charge < -0.3 is 5.73 Å². The highest BCUT2D eigenvalue weighted by atomic mass is 35.5. The molecule has 7 heavy (non-hydrogen) atoms. The first-order chi connectivity index (χ1) is 3.27. The van der Waals surface area contributed by atoms with E-state index in [9.17, 15) is 4.79 Å². The average Bonchev–Trinajstić information content (AvgIpc) is 1.61. The van der Waals surface area contributed by atoms with Crippen LogP contribution in [0, 0.1) is 0 Å². The summed E-state index contributed by atoms with van der Waals surface area (Å²) in [4.78, 5) is 9.79. The number of alkyl halides is 1. The van der Waals surface area contributed by atoms with Gasteiger partial charge in [-0.2, -0.15) is 0 Å². The van der Waals surface area contributed by atoms with Crippen LogP contribution in [0.1, 0.15) is 0 Å². The van der Waals surface area contributed by atoms with E-state index in [4.69, 9.17) is 11.6 Å². The molecule has 0 unspecified atom stereocenters. The largest absolute Gasteiger partial charge is 0.351 e. The summed E-state index contributed by atoms with van der Waals surface area (Å²) in [6.45, 7) is 0. The van der Waals surface area contributed by atoms with Gasteiger partial charge in [0, 0.05) is 0 Å². The summed E-state index contributed by atoms with van der Waals surface area (Å²) in [5.74, 6) is 0. The maximum absolute atomic E-state index is 9.79. The van der Waals surface area contributed by atoms with Gasteiger partial charge >= 0.3 is 6.03 Å². The van der Waals surface area contributed by atoms with Crippen molar-refractivity contribution in [3.8, 4) is 0 Å². The fraction of sp³-hybridized carbons (Fsp3) is 0.500. The molecule has 0 radical (unpaired) electrons. The molecule has 0 heterocycles. The molecule has 0 aromatic heterocycles. The molecule has 0 aliphatic heterocycles. The topological polar surface area (TPSA) is 55.1 Å². The van der Waals surface area contributed by atoms with Gasteiger partial charge in [0.25, 0.3) is 0 Å². The molecule has 0 aromatic rings. The lowest BCUT2D eigenvalue weighted by molar-refractivity contribution is 0.254. The van der Waals surface area contributed by atoms with E-state index in [2.05, 4.69) is 10.5 Å². The Morgan fingerprint density at radius 1 is 2.00 bits per heavy atom. The number of urea groups is 1. The Morgan fingerprint density at radius 3 is 2.71 bits per heavy atom. The number of carbonyl (C=O) groups excluding carboxylic acids is 1. The van der Waals surface area contributed by atoms with Crippen molar-refractivity contribution in [3.05, 3.63) is 0 Å². The smallest absolute Gasteiger partial charge is 0.322 e. The van der Waals surface area contributed by atoms with Gasteiger partial charge in [-0.05, 0) is 11.9 Å². The number of hydrogen-bond donors (Lipinski definition) is 2. The van der Waals surface area contributed by atoms with Gasteiger partial charge in [-0.25, -0.2) is 4.79 Å². The molecule has 0 rings (SSSR count). The molecular formula is C2H5ClN2OS. The van der Waals surface area contributed by atoms with E-state index in [1.807, 2.05) is 0 Å². The van der Waals surface area contributed by atoms with Crippen molar-refractivity contribution >= 4 is 29.6 Å². The third-order valence-electron chi connectivity index (χ3n) is 0.227. The Balaban J connectivity index is 2.82. The van der Waals surface area contributed by atoms with E-state index in [1.165, 1.54) is 0 Å². The van der Waals surface area contributed by atoms with Crippen LogP contribution in [0.4, 0.5) is 4.79 Å². The molecule has 5 heteroatoms. The van der Waals surface area contributed by atoms with Crippen molar-refractivity contribution in [1.82, 2.24) is 4.72 Å². The fourth-order valence-corrected chi connectivity index (χ4v) is 0.459. The maximum Gasteiger partial charge on any atom is 0.322 e. The first-order valence-electron chi connectivity index (χ1n) is 1.50. The first-order valence-corrected chi connectivity index (χ1v) is 3.02. The minimum absolute atomic E-state index is 0.322. The normalized spacial score (nSPS) is 8.14. The summed E-state index contributed by atoms with van der Waals surface area (Å²) in [5, 5.41) is 0.322. The van der Waals surface area contributed by atoms with Gasteiger partial charge in [0.05, 0.1) is 5.21 Å². The van der Waals surface area contributed by atoms with Crippen LogP contribution in [0.5, 0.6) is 0 Å². The summed E-state index contributed by atoms with van der Waals surface area (Å²) in [7, 11) is 0. The minimum Gasteiger partial charge on any atom is -0.351 e. The van der Waals surface area contributed by atoms with Crippen molar-refractivity contribution in [2.24, 2.45) is 5.73 Å². The summed E-state index contributed by atoms with van der Waals surface area (Å²) in [6, 6.07) is -0.564. The third kappa shape index (κ3) is 5.91. The highest BCUT2D eigenvalue weighted by molar-refractivity contribution is 7.99. The van der Waals surface area contributed by atoms with Crippen LogP contribution in [0.3, 0.4) is 0 Å². The maximum atomic E-state index is 9.79. The summed E-state index contributed by atoms with van der Waals surface area (Å²) >= 11 is 6.20. The van der Waals surface area contributed by atoms with Crippen LogP contribution in [-0.4, -0.2) is 11.2 Å². The van der Waals surface area contributed by atoms with Crippen molar-refractivity contribution in [2.45, 2.75) is 0 Å². The SMILES string of the molecule is NC(=O)NSCCl. The Bertz CT molecular complexity index is 68.7. The van der Waals surface area contributed by atoms with E-state index < -0.39 is 6.03 Å². The number of hydrogen-bond acceptors (Lipinski definition) is 2. The van der Waals surface area contributed by atoms with Crippen molar-refractivity contribution in [1.29, 1.82) is 0 Å². The molecular weight excluding hydrogens is 136 g/mol. The number of amides is 2. The second kappa shape index (κ2) is 4.08. The number of rotatable bonds is 2. The second-order valence-corrected chi connectivity index (χ2v) is 2.09. The van der Waals surface area contributed by atoms with Crippen LogP contribution in [-0.2, 0) is 0 Å². The first kappa shape index (κ1) is 6.91. The molecule has 0 bridgehead atoms. The van der Waals surface area contributed by atoms with Gasteiger partial charge in [-0.3, -0.25) is 4.72 Å². The monoisotopic (exact) mass is 140 g/mol. The number of halogens is 1. The van der Waals surface area contributed by atoms with Gasteiger partial charge in [-0.1, -0.05) is 0 Å². The van der Waals surface area contributed by atoms with E-state index in [0.717, 1.165) is 11.9 Å². The molecule has 0 saturated heterocycles. The van der Waals surface area contributed by atoms with Gasteiger partial charge in [-0.15, -0.1) is 11.6 Å². The number of nitrogens with two attached hydrogens (primary N) is 1. The Kier molecular flexibility index (Phi) is 4.03. The number of primary amides is 1. The molecule has 0 atom stereocenters. The Morgan fingerprint density at radius 2 is 2.57 bits per heavy atom. The van der Waals surface area contributed by atoms with Crippen molar-refractivity contribution in [3.63, 3.8) is 0 Å². The lowest BCUT2D eigenvalue weighted by atomic mass is 11.2. The number of nitrogens with one attached hydrogen (secondary N) is 1. The Labute approximate surface area is 50.7 Å². The zero-order valence-corrected chi connectivity index (χ0v) is 5.05. The number of carbonyl (C=O) groups is 1. The standard InChI is InChI=1S/C2H5ClN2OS/c3-1-7-5-2(4)6/h1H2,(H3,4,5,6). The van der Waals surface area contributed by atoms with Gasteiger partial charge in [0.2, 0.25) is 0 Å². The fourth-order valence-electron chi connectivity index (χ4n) is 0.0984. The second-order valence-electron chi connectivity index (χ2n) is 0.720. The average molecular weight is 141 g/mol. The minimum atomic E-state index is -0.564. The summed E-state index contributed by atoms with van der Waals surface area (Å²) < 4.78 is 2.22. The molecule has 3 N–H and O–H groups in total.